The molecule has 0 aliphatic heterocycles. The molecule has 1 aromatic carbocycles. The summed E-state index contributed by atoms with van der Waals surface area (Å²) in [6, 6.07) is 7.58. The van der Waals surface area contributed by atoms with Crippen LogP contribution in [0.2, 0.25) is 5.02 Å². The summed E-state index contributed by atoms with van der Waals surface area (Å²) in [5, 5.41) is 3.77. The molecular weight excluding hydrogens is 316 g/mol. The third-order valence-corrected chi connectivity index (χ3v) is 3.22. The maximum Gasteiger partial charge on any atom is 0.149 e. The van der Waals surface area contributed by atoms with Crippen LogP contribution in [0.5, 0.6) is 5.75 Å². The van der Waals surface area contributed by atoms with Gasteiger partial charge in [0, 0.05) is 16.4 Å². The van der Waals surface area contributed by atoms with Gasteiger partial charge in [0.15, 0.2) is 0 Å². The van der Waals surface area contributed by atoms with Crippen LogP contribution in [-0.2, 0) is 0 Å². The van der Waals surface area contributed by atoms with Crippen molar-refractivity contribution < 1.29 is 4.74 Å². The second-order valence-corrected chi connectivity index (χ2v) is 5.11. The number of ether oxygens (including phenoxy) is 1. The highest BCUT2D eigenvalue weighted by molar-refractivity contribution is 9.10. The van der Waals surface area contributed by atoms with E-state index in [0.717, 1.165) is 21.5 Å². The molecule has 2 rings (SSSR count). The molecule has 94 valence electrons. The molecule has 3 nitrogen and oxygen atoms in total. The van der Waals surface area contributed by atoms with Gasteiger partial charge in [-0.05, 0) is 52.7 Å². The van der Waals surface area contributed by atoms with Crippen LogP contribution in [0.25, 0.3) is 0 Å². The van der Waals surface area contributed by atoms with Gasteiger partial charge in [-0.1, -0.05) is 11.6 Å². The smallest absolute Gasteiger partial charge is 0.149 e. The van der Waals surface area contributed by atoms with Crippen molar-refractivity contribution in [2.24, 2.45) is 0 Å². The molecule has 0 bridgehead atoms. The van der Waals surface area contributed by atoms with Crippen LogP contribution >= 0.6 is 27.5 Å². The highest BCUT2D eigenvalue weighted by atomic mass is 79.9. The van der Waals surface area contributed by atoms with E-state index in [4.69, 9.17) is 16.3 Å². The molecule has 0 aliphatic carbocycles. The van der Waals surface area contributed by atoms with Crippen LogP contribution in [0.4, 0.5) is 11.5 Å². The first-order valence-electron chi connectivity index (χ1n) is 5.33. The second kappa shape index (κ2) is 5.59. The van der Waals surface area contributed by atoms with Crippen molar-refractivity contribution in [3.63, 3.8) is 0 Å². The number of hydrogen-bond donors (Lipinski definition) is 1. The van der Waals surface area contributed by atoms with Crippen molar-refractivity contribution in [3.8, 4) is 5.75 Å². The third-order valence-electron chi connectivity index (χ3n) is 2.49. The molecule has 0 fully saturated rings. The Bertz CT molecular complexity index is 575. The van der Waals surface area contributed by atoms with Crippen LogP contribution in [0, 0.1) is 6.92 Å². The number of halogens is 2. The zero-order valence-corrected chi connectivity index (χ0v) is 12.3. The Kier molecular flexibility index (Phi) is 4.09. The molecule has 0 saturated heterocycles. The third kappa shape index (κ3) is 2.94. The number of nitrogens with one attached hydrogen (secondary N) is 1. The topological polar surface area (TPSA) is 34.1 Å². The van der Waals surface area contributed by atoms with Crippen LogP contribution < -0.4 is 10.1 Å². The van der Waals surface area contributed by atoms with Gasteiger partial charge in [0.1, 0.15) is 11.6 Å². The van der Waals surface area contributed by atoms with E-state index in [0.29, 0.717) is 10.8 Å². The quantitative estimate of drug-likeness (QED) is 0.897. The SMILES string of the molecule is COc1ccc(Nc2ncc(Br)cc2Cl)c(C)c1. The fraction of sp³-hybridized carbons (Fsp3) is 0.154. The number of hydrogen-bond acceptors (Lipinski definition) is 3. The van der Waals surface area contributed by atoms with Gasteiger partial charge >= 0.3 is 0 Å². The number of methoxy groups -OCH3 is 1. The Morgan fingerprint density at radius 3 is 2.72 bits per heavy atom. The summed E-state index contributed by atoms with van der Waals surface area (Å²) in [5.41, 5.74) is 2.02. The first-order chi connectivity index (χ1) is 8.60. The first kappa shape index (κ1) is 13.2. The van der Waals surface area contributed by atoms with E-state index in [9.17, 15) is 0 Å². The summed E-state index contributed by atoms with van der Waals surface area (Å²) in [6.45, 7) is 2.00. The molecule has 1 aromatic heterocycles. The van der Waals surface area contributed by atoms with Gasteiger partial charge in [-0.15, -0.1) is 0 Å². The number of pyridine rings is 1. The van der Waals surface area contributed by atoms with Crippen molar-refractivity contribution in [2.75, 3.05) is 12.4 Å². The fourth-order valence-electron chi connectivity index (χ4n) is 1.54. The second-order valence-electron chi connectivity index (χ2n) is 3.79. The van der Waals surface area contributed by atoms with Crippen molar-refractivity contribution in [1.82, 2.24) is 4.98 Å². The van der Waals surface area contributed by atoms with Crippen LogP contribution in [-0.4, -0.2) is 12.1 Å². The van der Waals surface area contributed by atoms with Crippen molar-refractivity contribution >= 4 is 39.0 Å². The van der Waals surface area contributed by atoms with Crippen LogP contribution in [0.15, 0.2) is 34.9 Å². The Hall–Kier alpha value is -1.26. The number of aromatic nitrogens is 1. The van der Waals surface area contributed by atoms with E-state index < -0.39 is 0 Å². The van der Waals surface area contributed by atoms with Gasteiger partial charge in [-0.2, -0.15) is 0 Å². The largest absolute Gasteiger partial charge is 0.497 e. The molecule has 0 unspecified atom stereocenters. The minimum Gasteiger partial charge on any atom is -0.497 e. The lowest BCUT2D eigenvalue weighted by Gasteiger charge is -2.11. The van der Waals surface area contributed by atoms with E-state index in [-0.39, 0.29) is 0 Å². The summed E-state index contributed by atoms with van der Waals surface area (Å²) >= 11 is 9.43. The maximum atomic E-state index is 6.11. The average molecular weight is 328 g/mol. The molecule has 18 heavy (non-hydrogen) atoms. The molecule has 5 heteroatoms. The molecule has 1 N–H and O–H groups in total. The predicted molar refractivity (Wildman–Crippen MR) is 78.0 cm³/mol. The number of benzene rings is 1. The van der Waals surface area contributed by atoms with Gasteiger partial charge < -0.3 is 10.1 Å². The minimum atomic E-state index is 0.569. The molecule has 0 spiro atoms. The van der Waals surface area contributed by atoms with E-state index in [1.54, 1.807) is 19.4 Å². The Morgan fingerprint density at radius 1 is 1.33 bits per heavy atom. The molecule has 0 aliphatic rings. The summed E-state index contributed by atoms with van der Waals surface area (Å²) in [4.78, 5) is 4.24. The number of anilines is 2. The van der Waals surface area contributed by atoms with E-state index in [1.807, 2.05) is 25.1 Å². The van der Waals surface area contributed by atoms with Crippen molar-refractivity contribution in [1.29, 1.82) is 0 Å². The highest BCUT2D eigenvalue weighted by Crippen LogP contribution is 2.28. The minimum absolute atomic E-state index is 0.569. The number of nitrogens with zero attached hydrogens (tertiary/aromatic N) is 1. The molecule has 2 aromatic rings. The summed E-state index contributed by atoms with van der Waals surface area (Å²) in [6.07, 6.45) is 1.70. The zero-order valence-electron chi connectivity index (χ0n) is 10.00. The molecule has 0 amide bonds. The normalized spacial score (nSPS) is 10.2. The Morgan fingerprint density at radius 2 is 2.11 bits per heavy atom. The van der Waals surface area contributed by atoms with Crippen LogP contribution in [0.1, 0.15) is 5.56 Å². The predicted octanol–water partition coefficient (Wildman–Crippen LogP) is 4.56. The van der Waals surface area contributed by atoms with Crippen LogP contribution in [0.3, 0.4) is 0 Å². The van der Waals surface area contributed by atoms with Crippen molar-refractivity contribution in [3.05, 3.63) is 45.5 Å². The Labute approximate surface area is 119 Å². The van der Waals surface area contributed by atoms with Crippen molar-refractivity contribution in [2.45, 2.75) is 6.92 Å². The number of rotatable bonds is 3. The molecule has 1 heterocycles. The highest BCUT2D eigenvalue weighted by Gasteiger charge is 2.05. The average Bonchev–Trinajstić information content (AvgIpc) is 2.34. The monoisotopic (exact) mass is 326 g/mol. The molecule has 0 atom stereocenters. The lowest BCUT2D eigenvalue weighted by atomic mass is 10.2. The standard InChI is InChI=1S/C13H12BrClN2O/c1-8-5-10(18-2)3-4-12(8)17-13-11(15)6-9(14)7-16-13/h3-7H,1-2H3,(H,16,17). The van der Waals surface area contributed by atoms with Gasteiger partial charge in [-0.3, -0.25) is 0 Å². The van der Waals surface area contributed by atoms with Gasteiger partial charge in [0.25, 0.3) is 0 Å². The number of aryl methyl sites for hydroxylation is 1. The summed E-state index contributed by atoms with van der Waals surface area (Å²) in [7, 11) is 1.65. The van der Waals surface area contributed by atoms with E-state index in [2.05, 4.69) is 26.2 Å². The van der Waals surface area contributed by atoms with E-state index >= 15 is 0 Å². The lowest BCUT2D eigenvalue weighted by Crippen LogP contribution is -1.97. The Balaban J connectivity index is 2.28. The fourth-order valence-corrected chi connectivity index (χ4v) is 2.21. The lowest BCUT2D eigenvalue weighted by molar-refractivity contribution is 0.414. The van der Waals surface area contributed by atoms with Gasteiger partial charge in [-0.25, -0.2) is 4.98 Å². The summed E-state index contributed by atoms with van der Waals surface area (Å²) in [5.74, 6) is 1.46. The van der Waals surface area contributed by atoms with E-state index in [1.165, 1.54) is 0 Å². The molecular formula is C13H12BrClN2O. The zero-order chi connectivity index (χ0) is 13.1. The van der Waals surface area contributed by atoms with Gasteiger partial charge in [0.05, 0.1) is 12.1 Å². The molecule has 0 radical (unpaired) electrons. The van der Waals surface area contributed by atoms with Gasteiger partial charge in [0.2, 0.25) is 0 Å². The molecule has 0 saturated carbocycles. The first-order valence-corrected chi connectivity index (χ1v) is 6.50. The maximum absolute atomic E-state index is 6.11. The summed E-state index contributed by atoms with van der Waals surface area (Å²) < 4.78 is 6.02.